The number of piperidine rings is 1. The van der Waals surface area contributed by atoms with Gasteiger partial charge in [0.2, 0.25) is 5.95 Å². The third-order valence-electron chi connectivity index (χ3n) is 3.95. The van der Waals surface area contributed by atoms with Gasteiger partial charge in [0.15, 0.2) is 0 Å². The monoisotopic (exact) mass is 264 g/mol. The fourth-order valence-electron chi connectivity index (χ4n) is 2.52. The van der Waals surface area contributed by atoms with E-state index in [-0.39, 0.29) is 6.04 Å². The lowest BCUT2D eigenvalue weighted by Crippen LogP contribution is -2.51. The predicted molar refractivity (Wildman–Crippen MR) is 73.1 cm³/mol. The quantitative estimate of drug-likeness (QED) is 0.899. The molecule has 1 N–H and O–H groups in total. The number of nitrogens with one attached hydrogen (secondary N) is 1. The van der Waals surface area contributed by atoms with Gasteiger partial charge in [0.1, 0.15) is 6.17 Å². The number of hydrogen-bond donors (Lipinski definition) is 1. The first kappa shape index (κ1) is 12.8. The van der Waals surface area contributed by atoms with Gasteiger partial charge in [-0.1, -0.05) is 6.92 Å². The largest absolute Gasteiger partial charge is 0.338 e. The second kappa shape index (κ2) is 5.41. The van der Waals surface area contributed by atoms with Gasteiger partial charge in [0.05, 0.1) is 6.54 Å². The fraction of sp³-hybridized carbons (Fsp3) is 0.714. The van der Waals surface area contributed by atoms with Crippen LogP contribution in [-0.4, -0.2) is 41.3 Å². The van der Waals surface area contributed by atoms with Crippen molar-refractivity contribution in [1.29, 1.82) is 0 Å². The van der Waals surface area contributed by atoms with Crippen LogP contribution in [0.2, 0.25) is 0 Å². The zero-order valence-electron chi connectivity index (χ0n) is 11.3. The number of hydrogen-bond acceptors (Lipinski definition) is 4. The Morgan fingerprint density at radius 2 is 2.05 bits per heavy atom. The highest BCUT2D eigenvalue weighted by Crippen LogP contribution is 2.24. The molecule has 104 valence electrons. The number of nitrogens with zero attached hydrogens (tertiary/aromatic N) is 3. The molecule has 2 heterocycles. The zero-order chi connectivity index (χ0) is 13.2. The molecule has 0 bridgehead atoms. The summed E-state index contributed by atoms with van der Waals surface area (Å²) < 4.78 is 14.2. The fourth-order valence-corrected chi connectivity index (χ4v) is 2.52. The molecule has 1 unspecified atom stereocenters. The van der Waals surface area contributed by atoms with Gasteiger partial charge in [-0.2, -0.15) is 0 Å². The van der Waals surface area contributed by atoms with Gasteiger partial charge in [0.25, 0.3) is 0 Å². The molecule has 1 aliphatic heterocycles. The molecule has 0 radical (unpaired) electrons. The molecule has 4 nitrogen and oxygen atoms in total. The first-order valence-electron chi connectivity index (χ1n) is 7.22. The van der Waals surface area contributed by atoms with E-state index in [2.05, 4.69) is 22.2 Å². The van der Waals surface area contributed by atoms with Crippen LogP contribution in [0.1, 0.15) is 31.7 Å². The first-order chi connectivity index (χ1) is 9.26. The summed E-state index contributed by atoms with van der Waals surface area (Å²) in [7, 11) is 0. The van der Waals surface area contributed by atoms with Crippen LogP contribution in [0.3, 0.4) is 0 Å². The van der Waals surface area contributed by atoms with Crippen LogP contribution >= 0.6 is 0 Å². The minimum atomic E-state index is -0.830. The maximum Gasteiger partial charge on any atom is 0.225 e. The van der Waals surface area contributed by atoms with Gasteiger partial charge in [-0.05, 0) is 31.2 Å². The van der Waals surface area contributed by atoms with E-state index < -0.39 is 6.17 Å². The summed E-state index contributed by atoms with van der Waals surface area (Å²) in [5.41, 5.74) is 1.12. The molecule has 1 aromatic rings. The lowest BCUT2D eigenvalue weighted by molar-refractivity contribution is 0.217. The highest BCUT2D eigenvalue weighted by Gasteiger charge is 2.34. The molecule has 2 atom stereocenters. The van der Waals surface area contributed by atoms with Gasteiger partial charge < -0.3 is 10.2 Å². The molecule has 3 rings (SSSR count). The number of aromatic nitrogens is 2. The number of alkyl halides is 1. The maximum absolute atomic E-state index is 14.2. The molecule has 5 heteroatoms. The topological polar surface area (TPSA) is 41.1 Å². The summed E-state index contributed by atoms with van der Waals surface area (Å²) in [5.74, 6) is 0.657. The Balaban J connectivity index is 1.60. The van der Waals surface area contributed by atoms with Crippen LogP contribution in [0.15, 0.2) is 12.4 Å². The highest BCUT2D eigenvalue weighted by atomic mass is 19.1. The van der Waals surface area contributed by atoms with Crippen LogP contribution in [0.25, 0.3) is 0 Å². The Hall–Kier alpha value is -1.23. The molecule has 1 aromatic heterocycles. The normalized spacial score (nSPS) is 27.6. The molecule has 19 heavy (non-hydrogen) atoms. The molecule has 0 amide bonds. The summed E-state index contributed by atoms with van der Waals surface area (Å²) in [5, 5.41) is 3.39. The lowest BCUT2D eigenvalue weighted by Gasteiger charge is -2.35. The van der Waals surface area contributed by atoms with Crippen LogP contribution in [0.4, 0.5) is 10.3 Å². The summed E-state index contributed by atoms with van der Waals surface area (Å²) in [4.78, 5) is 10.6. The van der Waals surface area contributed by atoms with Crippen molar-refractivity contribution in [3.63, 3.8) is 0 Å². The smallest absolute Gasteiger partial charge is 0.225 e. The van der Waals surface area contributed by atoms with Crippen LogP contribution in [0, 0.1) is 0 Å². The molecule has 2 fully saturated rings. The van der Waals surface area contributed by atoms with E-state index in [1.54, 1.807) is 0 Å². The van der Waals surface area contributed by atoms with Crippen molar-refractivity contribution in [2.75, 3.05) is 18.0 Å². The van der Waals surface area contributed by atoms with Crippen LogP contribution < -0.4 is 10.2 Å². The standard InChI is InChI=1S/C14H21FN4/c1-2-10-7-16-14(17-8-10)19-6-5-13(12(15)9-19)18-11-3-4-11/h7-8,11-13,18H,2-6,9H2,1H3/t12?,13-/m1/s1. The van der Waals surface area contributed by atoms with Crippen molar-refractivity contribution < 1.29 is 4.39 Å². The third-order valence-corrected chi connectivity index (χ3v) is 3.95. The SMILES string of the molecule is CCc1cnc(N2CC[C@@H](NC3CC3)C(F)C2)nc1. The molecule has 0 spiro atoms. The average molecular weight is 264 g/mol. The summed E-state index contributed by atoms with van der Waals surface area (Å²) >= 11 is 0. The van der Waals surface area contributed by atoms with Gasteiger partial charge in [-0.25, -0.2) is 14.4 Å². The molecule has 1 aliphatic carbocycles. The van der Waals surface area contributed by atoms with E-state index >= 15 is 0 Å². The second-order valence-electron chi connectivity index (χ2n) is 5.54. The van der Waals surface area contributed by atoms with E-state index in [9.17, 15) is 4.39 Å². The van der Waals surface area contributed by atoms with E-state index in [0.29, 0.717) is 18.5 Å². The van der Waals surface area contributed by atoms with Crippen molar-refractivity contribution in [2.24, 2.45) is 0 Å². The van der Waals surface area contributed by atoms with Crippen LogP contribution in [-0.2, 0) is 6.42 Å². The summed E-state index contributed by atoms with van der Waals surface area (Å²) in [6, 6.07) is 0.577. The van der Waals surface area contributed by atoms with E-state index in [1.165, 1.54) is 12.8 Å². The van der Waals surface area contributed by atoms with Crippen LogP contribution in [0.5, 0.6) is 0 Å². The Morgan fingerprint density at radius 3 is 2.63 bits per heavy atom. The maximum atomic E-state index is 14.2. The minimum absolute atomic E-state index is 0.0127. The Labute approximate surface area is 113 Å². The van der Waals surface area contributed by atoms with Crippen molar-refractivity contribution in [1.82, 2.24) is 15.3 Å². The Bertz CT molecular complexity index is 418. The average Bonchev–Trinajstić information content (AvgIpc) is 3.25. The molecule has 1 saturated heterocycles. The highest BCUT2D eigenvalue weighted by molar-refractivity contribution is 5.31. The van der Waals surface area contributed by atoms with Crippen molar-refractivity contribution in [2.45, 2.75) is 50.9 Å². The summed E-state index contributed by atoms with van der Waals surface area (Å²) in [6.07, 6.45) is 7.01. The molecule has 0 aromatic carbocycles. The minimum Gasteiger partial charge on any atom is -0.338 e. The first-order valence-corrected chi connectivity index (χ1v) is 7.22. The molecule has 1 saturated carbocycles. The second-order valence-corrected chi connectivity index (χ2v) is 5.54. The number of halogens is 1. The van der Waals surface area contributed by atoms with Gasteiger partial charge in [0, 0.05) is 31.0 Å². The van der Waals surface area contributed by atoms with E-state index in [1.807, 2.05) is 17.3 Å². The summed E-state index contributed by atoms with van der Waals surface area (Å²) in [6.45, 7) is 3.30. The van der Waals surface area contributed by atoms with Gasteiger partial charge >= 0.3 is 0 Å². The van der Waals surface area contributed by atoms with Crippen molar-refractivity contribution in [3.05, 3.63) is 18.0 Å². The zero-order valence-corrected chi connectivity index (χ0v) is 11.3. The Morgan fingerprint density at radius 1 is 1.32 bits per heavy atom. The van der Waals surface area contributed by atoms with Crippen molar-refractivity contribution in [3.8, 4) is 0 Å². The Kier molecular flexibility index (Phi) is 3.64. The number of aryl methyl sites for hydroxylation is 1. The van der Waals surface area contributed by atoms with Gasteiger partial charge in [-0.15, -0.1) is 0 Å². The van der Waals surface area contributed by atoms with Gasteiger partial charge in [-0.3, -0.25) is 0 Å². The molecular formula is C14H21FN4. The molecular weight excluding hydrogens is 243 g/mol. The van der Waals surface area contributed by atoms with E-state index in [4.69, 9.17) is 0 Å². The van der Waals surface area contributed by atoms with Crippen molar-refractivity contribution >= 4 is 5.95 Å². The number of anilines is 1. The van der Waals surface area contributed by atoms with E-state index in [0.717, 1.165) is 24.9 Å². The number of rotatable bonds is 4. The lowest BCUT2D eigenvalue weighted by atomic mass is 10.0. The molecule has 2 aliphatic rings. The third kappa shape index (κ3) is 3.03. The predicted octanol–water partition coefficient (Wildman–Crippen LogP) is 1.71.